The highest BCUT2D eigenvalue weighted by atomic mass is 32.1. The fourth-order valence-electron chi connectivity index (χ4n) is 3.88. The second kappa shape index (κ2) is 8.15. The van der Waals surface area contributed by atoms with Gasteiger partial charge in [-0.2, -0.15) is 0 Å². The van der Waals surface area contributed by atoms with Gasteiger partial charge in [-0.05, 0) is 68.5 Å². The lowest BCUT2D eigenvalue weighted by Crippen LogP contribution is -2.29. The first-order valence-electron chi connectivity index (χ1n) is 9.80. The molecule has 1 aliphatic heterocycles. The number of hydrogen-bond acceptors (Lipinski definition) is 4. The van der Waals surface area contributed by atoms with Gasteiger partial charge in [-0.25, -0.2) is 4.98 Å². The average Bonchev–Trinajstić information content (AvgIpc) is 3.16. The molecule has 0 unspecified atom stereocenters. The molecule has 0 aliphatic carbocycles. The highest BCUT2D eigenvalue weighted by Gasteiger charge is 2.16. The van der Waals surface area contributed by atoms with E-state index < -0.39 is 0 Å². The zero-order valence-corrected chi connectivity index (χ0v) is 17.2. The van der Waals surface area contributed by atoms with Gasteiger partial charge in [0, 0.05) is 35.3 Å². The Balaban J connectivity index is 1.55. The number of anilines is 2. The first kappa shape index (κ1) is 18.7. The van der Waals surface area contributed by atoms with Crippen LogP contribution in [0.25, 0.3) is 11.3 Å². The lowest BCUT2D eigenvalue weighted by atomic mass is 9.98. The summed E-state index contributed by atoms with van der Waals surface area (Å²) in [4.78, 5) is 19.5. The van der Waals surface area contributed by atoms with E-state index in [-0.39, 0.29) is 5.91 Å². The zero-order valence-electron chi connectivity index (χ0n) is 16.4. The van der Waals surface area contributed by atoms with Gasteiger partial charge in [0.2, 0.25) is 0 Å². The maximum absolute atomic E-state index is 12.4. The number of aromatic nitrogens is 1. The summed E-state index contributed by atoms with van der Waals surface area (Å²) in [5, 5.41) is 5.56. The Morgan fingerprint density at radius 2 is 1.71 bits per heavy atom. The van der Waals surface area contributed by atoms with Crippen LogP contribution in [0.4, 0.5) is 10.8 Å². The molecular formula is C23H25N3OS. The third-order valence-corrected chi connectivity index (χ3v) is 6.01. The van der Waals surface area contributed by atoms with E-state index in [4.69, 9.17) is 0 Å². The Morgan fingerprint density at radius 3 is 2.39 bits per heavy atom. The second-order valence-electron chi connectivity index (χ2n) is 7.36. The van der Waals surface area contributed by atoms with Gasteiger partial charge in [0.1, 0.15) is 0 Å². The number of amides is 1. The fourth-order valence-corrected chi connectivity index (χ4v) is 4.58. The maximum atomic E-state index is 12.4. The van der Waals surface area contributed by atoms with Crippen LogP contribution in [0.3, 0.4) is 0 Å². The van der Waals surface area contributed by atoms with E-state index in [1.807, 2.05) is 23.6 Å². The molecule has 28 heavy (non-hydrogen) atoms. The van der Waals surface area contributed by atoms with Crippen LogP contribution in [0.5, 0.6) is 0 Å². The van der Waals surface area contributed by atoms with Crippen molar-refractivity contribution in [1.29, 1.82) is 0 Å². The number of piperidine rings is 1. The molecule has 3 aromatic rings. The summed E-state index contributed by atoms with van der Waals surface area (Å²) < 4.78 is 0. The van der Waals surface area contributed by atoms with Gasteiger partial charge in [-0.3, -0.25) is 10.1 Å². The summed E-state index contributed by atoms with van der Waals surface area (Å²) in [5.74, 6) is -0.129. The van der Waals surface area contributed by atoms with Crippen molar-refractivity contribution in [3.05, 3.63) is 64.5 Å². The van der Waals surface area contributed by atoms with Crippen molar-refractivity contribution in [2.24, 2.45) is 0 Å². The Labute approximate surface area is 170 Å². The predicted molar refractivity (Wildman–Crippen MR) is 117 cm³/mol. The van der Waals surface area contributed by atoms with Crippen LogP contribution in [0, 0.1) is 13.8 Å². The monoisotopic (exact) mass is 391 g/mol. The number of nitrogens with one attached hydrogen (secondary N) is 1. The van der Waals surface area contributed by atoms with Gasteiger partial charge in [-0.1, -0.05) is 18.2 Å². The Kier molecular flexibility index (Phi) is 5.44. The van der Waals surface area contributed by atoms with E-state index in [1.165, 1.54) is 47.4 Å². The molecule has 1 amide bonds. The van der Waals surface area contributed by atoms with Crippen molar-refractivity contribution in [2.45, 2.75) is 33.1 Å². The van der Waals surface area contributed by atoms with Gasteiger partial charge < -0.3 is 4.90 Å². The minimum Gasteiger partial charge on any atom is -0.372 e. The molecule has 0 bridgehead atoms. The summed E-state index contributed by atoms with van der Waals surface area (Å²) in [5.41, 5.74) is 6.49. The summed E-state index contributed by atoms with van der Waals surface area (Å²) in [6.45, 7) is 6.59. The SMILES string of the molecule is Cc1cc(N2CCCCC2)cc(C)c1-c1csc(NC(=O)c2ccccc2)n1. The normalized spacial score (nSPS) is 14.1. The molecule has 1 N–H and O–H groups in total. The number of hydrogen-bond donors (Lipinski definition) is 1. The number of thiazole rings is 1. The van der Waals surface area contributed by atoms with E-state index >= 15 is 0 Å². The number of carbonyl (C=O) groups is 1. The summed E-state index contributed by atoms with van der Waals surface area (Å²) in [6, 6.07) is 13.8. The van der Waals surface area contributed by atoms with Crippen LogP contribution in [0.15, 0.2) is 47.8 Å². The van der Waals surface area contributed by atoms with E-state index in [0.717, 1.165) is 24.3 Å². The first-order chi connectivity index (χ1) is 13.6. The lowest BCUT2D eigenvalue weighted by Gasteiger charge is -2.30. The number of aryl methyl sites for hydroxylation is 2. The molecule has 5 heteroatoms. The molecule has 0 spiro atoms. The molecule has 1 fully saturated rings. The molecule has 1 saturated heterocycles. The summed E-state index contributed by atoms with van der Waals surface area (Å²) in [7, 11) is 0. The molecule has 1 aromatic heterocycles. The predicted octanol–water partition coefficient (Wildman–Crippen LogP) is 5.67. The average molecular weight is 392 g/mol. The van der Waals surface area contributed by atoms with Crippen molar-refractivity contribution in [3.63, 3.8) is 0 Å². The molecule has 1 aliphatic rings. The summed E-state index contributed by atoms with van der Waals surface area (Å²) in [6.07, 6.45) is 3.88. The Bertz CT molecular complexity index is 952. The molecular weight excluding hydrogens is 366 g/mol. The smallest absolute Gasteiger partial charge is 0.257 e. The van der Waals surface area contributed by atoms with E-state index in [9.17, 15) is 4.79 Å². The zero-order chi connectivity index (χ0) is 19.5. The largest absolute Gasteiger partial charge is 0.372 e. The number of rotatable bonds is 4. The minimum absolute atomic E-state index is 0.129. The summed E-state index contributed by atoms with van der Waals surface area (Å²) >= 11 is 1.46. The number of carbonyl (C=O) groups excluding carboxylic acids is 1. The highest BCUT2D eigenvalue weighted by Crippen LogP contribution is 2.34. The van der Waals surface area contributed by atoms with Crippen molar-refractivity contribution in [3.8, 4) is 11.3 Å². The van der Waals surface area contributed by atoms with Crippen LogP contribution < -0.4 is 10.2 Å². The van der Waals surface area contributed by atoms with Gasteiger partial charge in [-0.15, -0.1) is 11.3 Å². The highest BCUT2D eigenvalue weighted by molar-refractivity contribution is 7.14. The molecule has 0 saturated carbocycles. The Morgan fingerprint density at radius 1 is 1.04 bits per heavy atom. The van der Waals surface area contributed by atoms with E-state index in [2.05, 4.69) is 41.2 Å². The van der Waals surface area contributed by atoms with Crippen LogP contribution in [0.2, 0.25) is 0 Å². The van der Waals surface area contributed by atoms with Crippen molar-refractivity contribution >= 4 is 28.1 Å². The molecule has 2 heterocycles. The number of benzene rings is 2. The topological polar surface area (TPSA) is 45.2 Å². The fraction of sp³-hybridized carbons (Fsp3) is 0.304. The molecule has 2 aromatic carbocycles. The van der Waals surface area contributed by atoms with E-state index in [0.29, 0.717) is 10.7 Å². The molecule has 4 rings (SSSR count). The van der Waals surface area contributed by atoms with Crippen molar-refractivity contribution in [2.75, 3.05) is 23.3 Å². The molecule has 4 nitrogen and oxygen atoms in total. The standard InChI is InChI=1S/C23H25N3OS/c1-16-13-19(26-11-7-4-8-12-26)14-17(2)21(16)20-15-28-23(24-20)25-22(27)18-9-5-3-6-10-18/h3,5-6,9-10,13-15H,4,7-8,11-12H2,1-2H3,(H,24,25,27). The van der Waals surface area contributed by atoms with Crippen LogP contribution in [0.1, 0.15) is 40.7 Å². The quantitative estimate of drug-likeness (QED) is 0.623. The first-order valence-corrected chi connectivity index (χ1v) is 10.7. The van der Waals surface area contributed by atoms with Gasteiger partial charge in [0.05, 0.1) is 5.69 Å². The van der Waals surface area contributed by atoms with Crippen LogP contribution in [-0.2, 0) is 0 Å². The van der Waals surface area contributed by atoms with Crippen LogP contribution >= 0.6 is 11.3 Å². The second-order valence-corrected chi connectivity index (χ2v) is 8.22. The lowest BCUT2D eigenvalue weighted by molar-refractivity contribution is 0.102. The third-order valence-electron chi connectivity index (χ3n) is 5.26. The molecule has 0 radical (unpaired) electrons. The third kappa shape index (κ3) is 3.94. The van der Waals surface area contributed by atoms with Crippen molar-refractivity contribution < 1.29 is 4.79 Å². The van der Waals surface area contributed by atoms with Gasteiger partial charge in [0.25, 0.3) is 5.91 Å². The maximum Gasteiger partial charge on any atom is 0.257 e. The van der Waals surface area contributed by atoms with Crippen molar-refractivity contribution in [1.82, 2.24) is 4.98 Å². The van der Waals surface area contributed by atoms with Gasteiger partial charge >= 0.3 is 0 Å². The van der Waals surface area contributed by atoms with Gasteiger partial charge in [0.15, 0.2) is 5.13 Å². The Hall–Kier alpha value is -2.66. The van der Waals surface area contributed by atoms with Crippen LogP contribution in [-0.4, -0.2) is 24.0 Å². The number of nitrogens with zero attached hydrogens (tertiary/aromatic N) is 2. The minimum atomic E-state index is -0.129. The molecule has 0 atom stereocenters. The van der Waals surface area contributed by atoms with E-state index in [1.54, 1.807) is 12.1 Å². The molecule has 144 valence electrons.